The van der Waals surface area contributed by atoms with Crippen LogP contribution in [-0.2, 0) is 16.0 Å². The van der Waals surface area contributed by atoms with Crippen molar-refractivity contribution < 1.29 is 19.5 Å². The summed E-state index contributed by atoms with van der Waals surface area (Å²) in [6.07, 6.45) is 1.08. The highest BCUT2D eigenvalue weighted by molar-refractivity contribution is 9.10. The number of amides is 3. The van der Waals surface area contributed by atoms with Crippen LogP contribution in [0.15, 0.2) is 53.0 Å². The molecule has 2 rings (SSSR count). The Morgan fingerprint density at radius 3 is 2.41 bits per heavy atom. The first-order chi connectivity index (χ1) is 13.8. The zero-order valence-corrected chi connectivity index (χ0v) is 17.7. The van der Waals surface area contributed by atoms with Crippen molar-refractivity contribution in [1.82, 2.24) is 5.32 Å². The third kappa shape index (κ3) is 7.95. The van der Waals surface area contributed by atoms with E-state index in [0.717, 1.165) is 10.0 Å². The molecule has 0 radical (unpaired) electrons. The maximum atomic E-state index is 12.3. The zero-order chi connectivity index (χ0) is 21.2. The van der Waals surface area contributed by atoms with Gasteiger partial charge in [0.1, 0.15) is 0 Å². The van der Waals surface area contributed by atoms with Crippen LogP contribution >= 0.6 is 15.9 Å². The van der Waals surface area contributed by atoms with Gasteiger partial charge in [-0.15, -0.1) is 0 Å². The van der Waals surface area contributed by atoms with E-state index in [0.29, 0.717) is 30.8 Å². The Hall–Kier alpha value is -2.87. The molecule has 0 aliphatic rings. The summed E-state index contributed by atoms with van der Waals surface area (Å²) in [5.41, 5.74) is 2.14. The van der Waals surface area contributed by atoms with Gasteiger partial charge < -0.3 is 21.1 Å². The fourth-order valence-electron chi connectivity index (χ4n) is 2.57. The molecule has 7 nitrogen and oxygen atoms in total. The molecule has 2 aromatic rings. The maximum Gasteiger partial charge on any atom is 0.323 e. The van der Waals surface area contributed by atoms with E-state index in [1.165, 1.54) is 0 Å². The molecule has 0 aliphatic carbocycles. The Kier molecular flexibility index (Phi) is 8.67. The summed E-state index contributed by atoms with van der Waals surface area (Å²) < 4.78 is 0.921. The third-order valence-electron chi connectivity index (χ3n) is 4.31. The summed E-state index contributed by atoms with van der Waals surface area (Å²) in [6.45, 7) is 1.93. The average molecular weight is 462 g/mol. The summed E-state index contributed by atoms with van der Waals surface area (Å²) in [5.74, 6) is -1.53. The molecule has 0 spiro atoms. The topological polar surface area (TPSA) is 108 Å². The number of carbonyl (C=O) groups excluding carboxylic acids is 2. The fraction of sp³-hybridized carbons (Fsp3) is 0.286. The molecule has 0 heterocycles. The van der Waals surface area contributed by atoms with Crippen LogP contribution < -0.4 is 16.0 Å². The molecule has 0 saturated heterocycles. The second-order valence-electron chi connectivity index (χ2n) is 6.62. The maximum absolute atomic E-state index is 12.3. The normalized spacial score (nSPS) is 11.4. The Balaban J connectivity index is 1.84. The van der Waals surface area contributed by atoms with Gasteiger partial charge in [-0.2, -0.15) is 0 Å². The number of carboxylic acid groups (broad SMARTS) is 1. The molecule has 154 valence electrons. The summed E-state index contributed by atoms with van der Waals surface area (Å²) in [6, 6.07) is 14.2. The Bertz CT molecular complexity index is 855. The van der Waals surface area contributed by atoms with E-state index in [4.69, 9.17) is 5.11 Å². The molecule has 1 atom stereocenters. The number of rotatable bonds is 9. The number of nitrogens with one attached hydrogen (secondary N) is 3. The summed E-state index contributed by atoms with van der Waals surface area (Å²) in [7, 11) is 0. The van der Waals surface area contributed by atoms with Crippen LogP contribution in [0.25, 0.3) is 0 Å². The molecule has 4 N–H and O–H groups in total. The third-order valence-corrected chi connectivity index (χ3v) is 4.84. The van der Waals surface area contributed by atoms with Gasteiger partial charge in [0.25, 0.3) is 0 Å². The van der Waals surface area contributed by atoms with Crippen LogP contribution in [0.2, 0.25) is 0 Å². The molecular weight excluding hydrogens is 438 g/mol. The van der Waals surface area contributed by atoms with Crippen LogP contribution in [0.5, 0.6) is 0 Å². The summed E-state index contributed by atoms with van der Waals surface area (Å²) in [4.78, 5) is 35.1. The SMILES string of the molecule is CC(CCNC(=O)CCc1ccccc1NC(=O)Nc1ccc(Br)cc1)C(=O)O. The van der Waals surface area contributed by atoms with Crippen LogP contribution in [0.1, 0.15) is 25.3 Å². The second-order valence-corrected chi connectivity index (χ2v) is 7.54. The van der Waals surface area contributed by atoms with Crippen molar-refractivity contribution in [2.45, 2.75) is 26.2 Å². The predicted molar refractivity (Wildman–Crippen MR) is 116 cm³/mol. The van der Waals surface area contributed by atoms with E-state index < -0.39 is 11.9 Å². The second kappa shape index (κ2) is 11.2. The summed E-state index contributed by atoms with van der Waals surface area (Å²) in [5, 5.41) is 17.2. The Morgan fingerprint density at radius 2 is 1.72 bits per heavy atom. The number of hydrogen-bond donors (Lipinski definition) is 4. The lowest BCUT2D eigenvalue weighted by molar-refractivity contribution is -0.141. The van der Waals surface area contributed by atoms with Crippen molar-refractivity contribution in [2.24, 2.45) is 5.92 Å². The van der Waals surface area contributed by atoms with Crippen LogP contribution in [0.3, 0.4) is 0 Å². The van der Waals surface area contributed by atoms with Gasteiger partial charge in [-0.1, -0.05) is 41.1 Å². The number of halogens is 1. The predicted octanol–water partition coefficient (Wildman–Crippen LogP) is 4.25. The number of para-hydroxylation sites is 1. The van der Waals surface area contributed by atoms with E-state index in [1.807, 2.05) is 30.3 Å². The molecule has 29 heavy (non-hydrogen) atoms. The van der Waals surface area contributed by atoms with Crippen molar-refractivity contribution in [1.29, 1.82) is 0 Å². The van der Waals surface area contributed by atoms with E-state index in [2.05, 4.69) is 31.9 Å². The monoisotopic (exact) mass is 461 g/mol. The molecule has 0 bridgehead atoms. The number of benzene rings is 2. The van der Waals surface area contributed by atoms with E-state index in [1.54, 1.807) is 25.1 Å². The van der Waals surface area contributed by atoms with Crippen LogP contribution in [0.4, 0.5) is 16.2 Å². The molecule has 0 fully saturated rings. The minimum atomic E-state index is -0.874. The fourth-order valence-corrected chi connectivity index (χ4v) is 2.83. The lowest BCUT2D eigenvalue weighted by Crippen LogP contribution is -2.27. The van der Waals surface area contributed by atoms with Crippen LogP contribution in [0, 0.1) is 5.92 Å². The number of anilines is 2. The standard InChI is InChI=1S/C21H24BrN3O4/c1-14(20(27)28)12-13-23-19(26)11-6-15-4-2-3-5-18(15)25-21(29)24-17-9-7-16(22)8-10-17/h2-5,7-10,14H,6,11-13H2,1H3,(H,23,26)(H,27,28)(H2,24,25,29). The van der Waals surface area contributed by atoms with Crippen molar-refractivity contribution in [3.63, 3.8) is 0 Å². The molecule has 0 saturated carbocycles. The molecule has 2 aromatic carbocycles. The largest absolute Gasteiger partial charge is 0.481 e. The van der Waals surface area contributed by atoms with Crippen molar-refractivity contribution in [2.75, 3.05) is 17.2 Å². The highest BCUT2D eigenvalue weighted by atomic mass is 79.9. The number of aryl methyl sites for hydroxylation is 1. The highest BCUT2D eigenvalue weighted by Crippen LogP contribution is 2.18. The van der Waals surface area contributed by atoms with Crippen molar-refractivity contribution in [3.8, 4) is 0 Å². The molecule has 3 amide bonds. The van der Waals surface area contributed by atoms with Gasteiger partial charge in [0, 0.05) is 28.8 Å². The Morgan fingerprint density at radius 1 is 1.03 bits per heavy atom. The van der Waals surface area contributed by atoms with Crippen molar-refractivity contribution in [3.05, 3.63) is 58.6 Å². The molecule has 0 aliphatic heterocycles. The Labute approximate surface area is 178 Å². The number of carboxylic acids is 1. The van der Waals surface area contributed by atoms with Gasteiger partial charge >= 0.3 is 12.0 Å². The molecule has 0 aromatic heterocycles. The number of hydrogen-bond acceptors (Lipinski definition) is 3. The molecular formula is C21H24BrN3O4. The number of aliphatic carboxylic acids is 1. The minimum absolute atomic E-state index is 0.156. The number of urea groups is 1. The quantitative estimate of drug-likeness (QED) is 0.447. The summed E-state index contributed by atoms with van der Waals surface area (Å²) >= 11 is 3.35. The minimum Gasteiger partial charge on any atom is -0.481 e. The first-order valence-corrected chi connectivity index (χ1v) is 10.1. The average Bonchev–Trinajstić information content (AvgIpc) is 2.69. The van der Waals surface area contributed by atoms with Gasteiger partial charge in [0.2, 0.25) is 5.91 Å². The van der Waals surface area contributed by atoms with Gasteiger partial charge in [-0.05, 0) is 48.7 Å². The van der Waals surface area contributed by atoms with E-state index in [9.17, 15) is 14.4 Å². The van der Waals surface area contributed by atoms with Crippen LogP contribution in [-0.4, -0.2) is 29.6 Å². The van der Waals surface area contributed by atoms with Gasteiger partial charge in [0.05, 0.1) is 5.92 Å². The molecule has 8 heteroatoms. The zero-order valence-electron chi connectivity index (χ0n) is 16.1. The first kappa shape index (κ1) is 22.4. The molecule has 1 unspecified atom stereocenters. The lowest BCUT2D eigenvalue weighted by atomic mass is 10.1. The van der Waals surface area contributed by atoms with Gasteiger partial charge in [0.15, 0.2) is 0 Å². The highest BCUT2D eigenvalue weighted by Gasteiger charge is 2.12. The van der Waals surface area contributed by atoms with Gasteiger partial charge in [-0.3, -0.25) is 9.59 Å². The lowest BCUT2D eigenvalue weighted by Gasteiger charge is -2.12. The van der Waals surface area contributed by atoms with Crippen molar-refractivity contribution >= 4 is 45.2 Å². The smallest absolute Gasteiger partial charge is 0.323 e. The van der Waals surface area contributed by atoms with E-state index >= 15 is 0 Å². The number of carbonyl (C=O) groups is 3. The van der Waals surface area contributed by atoms with Gasteiger partial charge in [-0.25, -0.2) is 4.79 Å². The first-order valence-electron chi connectivity index (χ1n) is 9.26. The van der Waals surface area contributed by atoms with E-state index in [-0.39, 0.29) is 18.4 Å².